The van der Waals surface area contributed by atoms with E-state index in [1.54, 1.807) is 0 Å². The SMILES string of the molecule is CC(C)(OC(=O)c1ccc(O)c(O)c1)C1CC[NH2+]CC1. The van der Waals surface area contributed by atoms with E-state index < -0.39 is 11.6 Å². The number of nitrogens with two attached hydrogens (primary N) is 1. The molecule has 0 radical (unpaired) electrons. The van der Waals surface area contributed by atoms with E-state index in [4.69, 9.17) is 4.74 Å². The maximum Gasteiger partial charge on any atom is 0.338 e. The topological polar surface area (TPSA) is 83.4 Å². The molecule has 5 nitrogen and oxygen atoms in total. The number of piperidine rings is 1. The number of ether oxygens (including phenoxy) is 1. The van der Waals surface area contributed by atoms with E-state index in [2.05, 4.69) is 5.32 Å². The lowest BCUT2D eigenvalue weighted by molar-refractivity contribution is -0.665. The van der Waals surface area contributed by atoms with Gasteiger partial charge in [-0.25, -0.2) is 4.79 Å². The first-order valence-electron chi connectivity index (χ1n) is 6.97. The average molecular weight is 280 g/mol. The number of hydrogen-bond acceptors (Lipinski definition) is 4. The summed E-state index contributed by atoms with van der Waals surface area (Å²) in [6.45, 7) is 5.99. The van der Waals surface area contributed by atoms with Crippen LogP contribution in [0.3, 0.4) is 0 Å². The van der Waals surface area contributed by atoms with Gasteiger partial charge < -0.3 is 20.3 Å². The number of phenols is 2. The molecular weight excluding hydrogens is 258 g/mol. The average Bonchev–Trinajstić information content (AvgIpc) is 2.42. The van der Waals surface area contributed by atoms with Crippen LogP contribution in [0.4, 0.5) is 0 Å². The van der Waals surface area contributed by atoms with E-state index in [1.807, 2.05) is 13.8 Å². The molecule has 1 aromatic rings. The quantitative estimate of drug-likeness (QED) is 0.570. The summed E-state index contributed by atoms with van der Waals surface area (Å²) >= 11 is 0. The Hall–Kier alpha value is -1.75. The van der Waals surface area contributed by atoms with Crippen molar-refractivity contribution in [3.63, 3.8) is 0 Å². The molecule has 5 heteroatoms. The van der Waals surface area contributed by atoms with Gasteiger partial charge in [-0.2, -0.15) is 0 Å². The first kappa shape index (κ1) is 14.7. The molecule has 0 unspecified atom stereocenters. The molecule has 0 atom stereocenters. The summed E-state index contributed by atoms with van der Waals surface area (Å²) in [7, 11) is 0. The van der Waals surface area contributed by atoms with Crippen molar-refractivity contribution in [1.29, 1.82) is 0 Å². The molecular formula is C15H22NO4+. The van der Waals surface area contributed by atoms with Crippen molar-refractivity contribution >= 4 is 5.97 Å². The maximum absolute atomic E-state index is 12.1. The van der Waals surface area contributed by atoms with E-state index in [0.29, 0.717) is 5.92 Å². The fourth-order valence-corrected chi connectivity index (χ4v) is 2.65. The van der Waals surface area contributed by atoms with E-state index in [0.717, 1.165) is 25.9 Å². The van der Waals surface area contributed by atoms with Gasteiger partial charge in [0.2, 0.25) is 0 Å². The number of benzene rings is 1. The summed E-state index contributed by atoms with van der Waals surface area (Å²) in [5.41, 5.74) is -0.283. The summed E-state index contributed by atoms with van der Waals surface area (Å²) < 4.78 is 5.61. The summed E-state index contributed by atoms with van der Waals surface area (Å²) in [5, 5.41) is 21.0. The zero-order valence-electron chi connectivity index (χ0n) is 11.9. The van der Waals surface area contributed by atoms with Gasteiger partial charge in [0, 0.05) is 18.8 Å². The van der Waals surface area contributed by atoms with Gasteiger partial charge in [0.25, 0.3) is 0 Å². The van der Waals surface area contributed by atoms with Crippen LogP contribution < -0.4 is 5.32 Å². The summed E-state index contributed by atoms with van der Waals surface area (Å²) in [6, 6.07) is 3.96. The Morgan fingerprint density at radius 3 is 2.50 bits per heavy atom. The number of rotatable bonds is 3. The monoisotopic (exact) mass is 280 g/mol. The Balaban J connectivity index is 2.07. The Morgan fingerprint density at radius 2 is 1.90 bits per heavy atom. The summed E-state index contributed by atoms with van der Waals surface area (Å²) in [5.74, 6) is -0.685. The van der Waals surface area contributed by atoms with Crippen molar-refractivity contribution in [2.24, 2.45) is 5.92 Å². The fourth-order valence-electron chi connectivity index (χ4n) is 2.65. The minimum Gasteiger partial charge on any atom is -0.504 e. The predicted octanol–water partition coefficient (Wildman–Crippen LogP) is 1.01. The molecule has 1 heterocycles. The number of esters is 1. The molecule has 1 aliphatic heterocycles. The zero-order chi connectivity index (χ0) is 14.8. The highest BCUT2D eigenvalue weighted by Crippen LogP contribution is 2.30. The smallest absolute Gasteiger partial charge is 0.338 e. The standard InChI is InChI=1S/C15H21NO4/c1-15(2,11-5-7-16-8-6-11)20-14(19)10-3-4-12(17)13(18)9-10/h3-4,9,11,16-18H,5-8H2,1-2H3/p+1. The van der Waals surface area contributed by atoms with Crippen LogP contribution in [0.15, 0.2) is 18.2 Å². The van der Waals surface area contributed by atoms with Crippen molar-refractivity contribution in [2.75, 3.05) is 13.1 Å². The molecule has 20 heavy (non-hydrogen) atoms. The van der Waals surface area contributed by atoms with E-state index >= 15 is 0 Å². The Morgan fingerprint density at radius 1 is 1.25 bits per heavy atom. The molecule has 4 N–H and O–H groups in total. The highest BCUT2D eigenvalue weighted by molar-refractivity contribution is 5.90. The highest BCUT2D eigenvalue weighted by Gasteiger charge is 2.35. The number of carbonyl (C=O) groups is 1. The molecule has 1 fully saturated rings. The number of carbonyl (C=O) groups excluding carboxylic acids is 1. The molecule has 1 aromatic carbocycles. The van der Waals surface area contributed by atoms with Gasteiger partial charge in [0.05, 0.1) is 18.7 Å². The first-order chi connectivity index (χ1) is 9.40. The van der Waals surface area contributed by atoms with Crippen molar-refractivity contribution in [3.8, 4) is 11.5 Å². The van der Waals surface area contributed by atoms with E-state index in [1.165, 1.54) is 18.2 Å². The van der Waals surface area contributed by atoms with Crippen LogP contribution in [0.25, 0.3) is 0 Å². The van der Waals surface area contributed by atoms with Crippen molar-refractivity contribution in [1.82, 2.24) is 0 Å². The lowest BCUT2D eigenvalue weighted by Crippen LogP contribution is -2.86. The summed E-state index contributed by atoms with van der Waals surface area (Å²) in [4.78, 5) is 12.1. The lowest BCUT2D eigenvalue weighted by atomic mass is 9.83. The Bertz CT molecular complexity index is 493. The Labute approximate surface area is 118 Å². The van der Waals surface area contributed by atoms with Crippen molar-refractivity contribution in [2.45, 2.75) is 32.3 Å². The van der Waals surface area contributed by atoms with E-state index in [-0.39, 0.29) is 17.1 Å². The zero-order valence-corrected chi connectivity index (χ0v) is 11.9. The summed E-state index contributed by atoms with van der Waals surface area (Å²) in [6.07, 6.45) is 2.06. The first-order valence-corrected chi connectivity index (χ1v) is 6.97. The molecule has 2 rings (SSSR count). The number of aromatic hydroxyl groups is 2. The van der Waals surface area contributed by atoms with Crippen LogP contribution >= 0.6 is 0 Å². The Kier molecular flexibility index (Phi) is 4.18. The van der Waals surface area contributed by atoms with Crippen LogP contribution in [0.1, 0.15) is 37.0 Å². The third-order valence-corrected chi connectivity index (χ3v) is 3.99. The minimum atomic E-state index is -0.529. The van der Waals surface area contributed by atoms with Crippen molar-refractivity contribution in [3.05, 3.63) is 23.8 Å². The van der Waals surface area contributed by atoms with Gasteiger partial charge in [-0.05, 0) is 32.0 Å². The van der Waals surface area contributed by atoms with Crippen LogP contribution in [0, 0.1) is 5.92 Å². The van der Waals surface area contributed by atoms with Crippen molar-refractivity contribution < 1.29 is 25.1 Å². The van der Waals surface area contributed by atoms with Gasteiger partial charge in [-0.1, -0.05) is 0 Å². The predicted molar refractivity (Wildman–Crippen MR) is 73.6 cm³/mol. The number of quaternary nitrogens is 1. The molecule has 0 aliphatic carbocycles. The molecule has 1 aliphatic rings. The third kappa shape index (κ3) is 3.22. The normalized spacial score (nSPS) is 16.9. The molecule has 110 valence electrons. The molecule has 0 amide bonds. The van der Waals surface area contributed by atoms with Gasteiger partial charge in [-0.3, -0.25) is 0 Å². The number of hydrogen-bond donors (Lipinski definition) is 3. The van der Waals surface area contributed by atoms with Gasteiger partial charge >= 0.3 is 5.97 Å². The molecule has 0 bridgehead atoms. The minimum absolute atomic E-state index is 0.246. The second-order valence-electron chi connectivity index (χ2n) is 5.84. The van der Waals surface area contributed by atoms with Crippen LogP contribution in [0.5, 0.6) is 11.5 Å². The lowest BCUT2D eigenvalue weighted by Gasteiger charge is -2.35. The molecule has 0 aromatic heterocycles. The van der Waals surface area contributed by atoms with Gasteiger partial charge in [0.1, 0.15) is 5.60 Å². The molecule has 0 spiro atoms. The van der Waals surface area contributed by atoms with Crippen LogP contribution in [-0.2, 0) is 4.74 Å². The second kappa shape index (κ2) is 5.71. The molecule has 1 saturated heterocycles. The van der Waals surface area contributed by atoms with Crippen LogP contribution in [0.2, 0.25) is 0 Å². The van der Waals surface area contributed by atoms with Gasteiger partial charge in [0.15, 0.2) is 11.5 Å². The number of phenolic OH excluding ortho intramolecular Hbond substituents is 2. The van der Waals surface area contributed by atoms with Gasteiger partial charge in [-0.15, -0.1) is 0 Å². The highest BCUT2D eigenvalue weighted by atomic mass is 16.6. The largest absolute Gasteiger partial charge is 0.504 e. The third-order valence-electron chi connectivity index (χ3n) is 3.99. The maximum atomic E-state index is 12.1. The van der Waals surface area contributed by atoms with Crippen LogP contribution in [-0.4, -0.2) is 34.9 Å². The molecule has 0 saturated carbocycles. The second-order valence-corrected chi connectivity index (χ2v) is 5.84. The van der Waals surface area contributed by atoms with E-state index in [9.17, 15) is 15.0 Å². The fraction of sp³-hybridized carbons (Fsp3) is 0.533.